The third-order valence-corrected chi connectivity index (χ3v) is 3.02. The number of carboxylic acid groups (broad SMARTS) is 2. The van der Waals surface area contributed by atoms with Gasteiger partial charge in [0.05, 0.1) is 19.4 Å². The second kappa shape index (κ2) is 7.14. The van der Waals surface area contributed by atoms with Crippen LogP contribution in [-0.2, 0) is 28.7 Å². The molecule has 0 aromatic carbocycles. The van der Waals surface area contributed by atoms with Gasteiger partial charge in [-0.2, -0.15) is 0 Å². The molecule has 0 spiro atoms. The van der Waals surface area contributed by atoms with Crippen molar-refractivity contribution in [1.29, 1.82) is 0 Å². The van der Waals surface area contributed by atoms with Crippen LogP contribution in [0.1, 0.15) is 12.8 Å². The van der Waals surface area contributed by atoms with E-state index in [-0.39, 0.29) is 0 Å². The van der Waals surface area contributed by atoms with Gasteiger partial charge in [-0.25, -0.2) is 9.59 Å². The molecule has 1 unspecified atom stereocenters. The molecule has 12 heteroatoms. The molecular weight excluding hydrogens is 336 g/mol. The van der Waals surface area contributed by atoms with E-state index < -0.39 is 72.7 Å². The molecule has 0 bridgehead atoms. The molecule has 0 amide bonds. The van der Waals surface area contributed by atoms with E-state index in [1.54, 1.807) is 0 Å². The van der Waals surface area contributed by atoms with E-state index in [0.717, 1.165) is 0 Å². The van der Waals surface area contributed by atoms with Crippen molar-refractivity contribution in [2.24, 2.45) is 0 Å². The Hall–Kier alpha value is -2.86. The number of hydrogen-bond donors (Lipinski definition) is 6. The average molecular weight is 350 g/mol. The van der Waals surface area contributed by atoms with Crippen LogP contribution in [0.4, 0.5) is 0 Å². The Morgan fingerprint density at radius 3 is 2.17 bits per heavy atom. The number of carbonyl (C=O) groups is 4. The minimum atomic E-state index is -2.96. The van der Waals surface area contributed by atoms with Crippen LogP contribution in [0.5, 0.6) is 0 Å². The molecule has 1 aliphatic rings. The van der Waals surface area contributed by atoms with Crippen molar-refractivity contribution in [3.05, 3.63) is 11.5 Å². The average Bonchev–Trinajstić information content (AvgIpc) is 2.71. The van der Waals surface area contributed by atoms with Crippen LogP contribution >= 0.6 is 0 Å². The Bertz CT molecular complexity index is 593. The molecule has 0 fully saturated rings. The van der Waals surface area contributed by atoms with Gasteiger partial charge in [0.25, 0.3) is 0 Å². The fourth-order valence-corrected chi connectivity index (χ4v) is 1.83. The number of hydrogen-bond acceptors (Lipinski definition) is 10. The summed E-state index contributed by atoms with van der Waals surface area (Å²) in [5.41, 5.74) is -2.96. The summed E-state index contributed by atoms with van der Waals surface area (Å²) in [6.07, 6.45) is -6.04. The van der Waals surface area contributed by atoms with Crippen LogP contribution in [0.15, 0.2) is 11.5 Å². The summed E-state index contributed by atoms with van der Waals surface area (Å²) in [7, 11) is 0. The fourth-order valence-electron chi connectivity index (χ4n) is 1.83. The summed E-state index contributed by atoms with van der Waals surface area (Å²) < 4.78 is 9.05. The standard InChI is InChI=1S/C12H14O12/c13-3-4(9-7(17)8(18)10(19)24-9)23-6(16)2-12(22,11(20)21)1-5(14)15/h4,9,13,17-18,22H,1-3H2,(H,14,15)(H,20,21)/t4-,9+,12?/m0/s1. The van der Waals surface area contributed by atoms with Crippen molar-refractivity contribution in [3.63, 3.8) is 0 Å². The fraction of sp³-hybridized carbons (Fsp3) is 0.500. The highest BCUT2D eigenvalue weighted by Crippen LogP contribution is 2.24. The van der Waals surface area contributed by atoms with Gasteiger partial charge in [-0.15, -0.1) is 0 Å². The van der Waals surface area contributed by atoms with Crippen molar-refractivity contribution in [3.8, 4) is 0 Å². The second-order valence-corrected chi connectivity index (χ2v) is 4.85. The van der Waals surface area contributed by atoms with Crippen LogP contribution < -0.4 is 0 Å². The molecule has 24 heavy (non-hydrogen) atoms. The summed E-state index contributed by atoms with van der Waals surface area (Å²) in [6.45, 7) is -0.995. The maximum atomic E-state index is 11.7. The number of aliphatic carboxylic acids is 2. The SMILES string of the molecule is O=C(O)CC(O)(CC(=O)O[C@@H](CO)[C@H]1OC(=O)C(O)=C1O)C(=O)O. The Morgan fingerprint density at radius 1 is 1.21 bits per heavy atom. The first-order chi connectivity index (χ1) is 11.0. The van der Waals surface area contributed by atoms with Crippen LogP contribution in [0.25, 0.3) is 0 Å². The molecule has 12 nitrogen and oxygen atoms in total. The number of aliphatic hydroxyl groups excluding tert-OH is 3. The zero-order valence-electron chi connectivity index (χ0n) is 11.9. The van der Waals surface area contributed by atoms with Crippen molar-refractivity contribution >= 4 is 23.9 Å². The number of carboxylic acids is 2. The van der Waals surface area contributed by atoms with E-state index in [2.05, 4.69) is 9.47 Å². The summed E-state index contributed by atoms with van der Waals surface area (Å²) in [5.74, 6) is -8.62. The zero-order valence-corrected chi connectivity index (χ0v) is 11.9. The van der Waals surface area contributed by atoms with Gasteiger partial charge in [-0.3, -0.25) is 9.59 Å². The smallest absolute Gasteiger partial charge is 0.378 e. The van der Waals surface area contributed by atoms with Gasteiger partial charge in [0.15, 0.2) is 17.5 Å². The number of esters is 2. The predicted molar refractivity (Wildman–Crippen MR) is 68.6 cm³/mol. The lowest BCUT2D eigenvalue weighted by Crippen LogP contribution is -2.45. The zero-order chi connectivity index (χ0) is 18.7. The van der Waals surface area contributed by atoms with Gasteiger partial charge < -0.3 is 40.1 Å². The Morgan fingerprint density at radius 2 is 1.79 bits per heavy atom. The lowest BCUT2D eigenvalue weighted by atomic mass is 9.96. The highest BCUT2D eigenvalue weighted by Gasteiger charge is 2.45. The normalized spacial score (nSPS) is 20.9. The topological polar surface area (TPSA) is 208 Å². The number of aliphatic hydroxyl groups is 4. The van der Waals surface area contributed by atoms with E-state index in [0.29, 0.717) is 0 Å². The van der Waals surface area contributed by atoms with Crippen LogP contribution in [0.2, 0.25) is 0 Å². The van der Waals surface area contributed by atoms with Crippen LogP contribution in [-0.4, -0.2) is 78.9 Å². The lowest BCUT2D eigenvalue weighted by molar-refractivity contribution is -0.178. The summed E-state index contributed by atoms with van der Waals surface area (Å²) in [5, 5.41) is 54.8. The van der Waals surface area contributed by atoms with E-state index in [4.69, 9.17) is 20.4 Å². The Balaban J connectivity index is 2.83. The number of carbonyl (C=O) groups excluding carboxylic acids is 2. The van der Waals surface area contributed by atoms with Crippen molar-refractivity contribution in [2.45, 2.75) is 30.7 Å². The number of rotatable bonds is 8. The largest absolute Gasteiger partial charge is 0.505 e. The van der Waals surface area contributed by atoms with Crippen LogP contribution in [0, 0.1) is 0 Å². The van der Waals surface area contributed by atoms with Gasteiger partial charge in [-0.05, 0) is 0 Å². The molecule has 0 saturated carbocycles. The molecule has 1 aliphatic heterocycles. The first-order valence-corrected chi connectivity index (χ1v) is 6.32. The minimum Gasteiger partial charge on any atom is -0.505 e. The lowest BCUT2D eigenvalue weighted by Gasteiger charge is -2.24. The molecular formula is C12H14O12. The van der Waals surface area contributed by atoms with Gasteiger partial charge in [-0.1, -0.05) is 0 Å². The Kier molecular flexibility index (Phi) is 5.71. The number of ether oxygens (including phenoxy) is 2. The van der Waals surface area contributed by atoms with Crippen LogP contribution in [0.3, 0.4) is 0 Å². The monoisotopic (exact) mass is 350 g/mol. The number of cyclic esters (lactones) is 1. The molecule has 3 atom stereocenters. The summed E-state index contributed by atoms with van der Waals surface area (Å²) in [4.78, 5) is 44.2. The van der Waals surface area contributed by atoms with E-state index in [1.807, 2.05) is 0 Å². The van der Waals surface area contributed by atoms with Gasteiger partial charge in [0, 0.05) is 0 Å². The maximum absolute atomic E-state index is 11.7. The summed E-state index contributed by atoms with van der Waals surface area (Å²) in [6, 6.07) is 0. The Labute approximate surface area is 133 Å². The van der Waals surface area contributed by atoms with Crippen molar-refractivity contribution < 1.29 is 59.3 Å². The molecule has 0 aliphatic carbocycles. The predicted octanol–water partition coefficient (Wildman–Crippen LogP) is -2.18. The van der Waals surface area contributed by atoms with E-state index in [9.17, 15) is 29.4 Å². The summed E-state index contributed by atoms with van der Waals surface area (Å²) >= 11 is 0. The van der Waals surface area contributed by atoms with Crippen molar-refractivity contribution in [1.82, 2.24) is 0 Å². The maximum Gasteiger partial charge on any atom is 0.378 e. The molecule has 0 aromatic heterocycles. The first kappa shape index (κ1) is 19.2. The van der Waals surface area contributed by atoms with Crippen molar-refractivity contribution in [2.75, 3.05) is 6.61 Å². The third-order valence-electron chi connectivity index (χ3n) is 3.02. The molecule has 0 saturated heterocycles. The molecule has 0 radical (unpaired) electrons. The van der Waals surface area contributed by atoms with Gasteiger partial charge >= 0.3 is 23.9 Å². The molecule has 6 N–H and O–H groups in total. The first-order valence-electron chi connectivity index (χ1n) is 6.32. The molecule has 1 heterocycles. The van der Waals surface area contributed by atoms with E-state index in [1.165, 1.54) is 0 Å². The highest BCUT2D eigenvalue weighted by molar-refractivity contribution is 5.90. The second-order valence-electron chi connectivity index (χ2n) is 4.85. The van der Waals surface area contributed by atoms with E-state index >= 15 is 0 Å². The minimum absolute atomic E-state index is 0.995. The highest BCUT2D eigenvalue weighted by atomic mass is 16.6. The molecule has 134 valence electrons. The third kappa shape index (κ3) is 4.11. The van der Waals surface area contributed by atoms with Gasteiger partial charge in [0.2, 0.25) is 11.9 Å². The quantitative estimate of drug-likeness (QED) is 0.258. The molecule has 0 aromatic rings. The van der Waals surface area contributed by atoms with Gasteiger partial charge in [0.1, 0.15) is 0 Å². The molecule has 1 rings (SSSR count).